The summed E-state index contributed by atoms with van der Waals surface area (Å²) in [4.78, 5) is 0. The Kier molecular flexibility index (Phi) is 26.0. The minimum Gasteiger partial charge on any atom is -0.491 e. The molecule has 4 aromatic carbocycles. The second-order valence-corrected chi connectivity index (χ2v) is 15.0. The second kappa shape index (κ2) is 30.8. The molecule has 1 aliphatic carbocycles. The van der Waals surface area contributed by atoms with E-state index in [1.165, 1.54) is 33.4 Å². The van der Waals surface area contributed by atoms with E-state index in [4.69, 9.17) is 56.8 Å². The second-order valence-electron chi connectivity index (χ2n) is 15.0. The molecule has 356 valence electrons. The number of rotatable bonds is 32. The van der Waals surface area contributed by atoms with Crippen molar-refractivity contribution < 1.29 is 56.8 Å². The molecule has 0 heterocycles. The van der Waals surface area contributed by atoms with Gasteiger partial charge in [0.2, 0.25) is 0 Å². The van der Waals surface area contributed by atoms with Crippen LogP contribution in [0, 0.1) is 13.8 Å². The maximum atomic E-state index is 6.33. The van der Waals surface area contributed by atoms with Crippen molar-refractivity contribution in [3.05, 3.63) is 106 Å². The molecule has 1 aliphatic rings. The van der Waals surface area contributed by atoms with E-state index in [-0.39, 0.29) is 7.43 Å². The van der Waals surface area contributed by atoms with E-state index in [1.807, 2.05) is 26.0 Å². The number of ether oxygens (including phenoxy) is 12. The Bertz CT molecular complexity index is 1680. The third kappa shape index (κ3) is 17.3. The first-order valence-corrected chi connectivity index (χ1v) is 22.2. The van der Waals surface area contributed by atoms with Gasteiger partial charge in [0, 0.05) is 46.0 Å². The van der Waals surface area contributed by atoms with Crippen molar-refractivity contribution in [2.75, 3.05) is 134 Å². The quantitative estimate of drug-likeness (QED) is 0.0437. The van der Waals surface area contributed by atoms with Gasteiger partial charge in [0.05, 0.1) is 79.3 Å². The third-order valence-corrected chi connectivity index (χ3v) is 10.3. The van der Waals surface area contributed by atoms with E-state index in [9.17, 15) is 0 Å². The normalized spacial score (nSPS) is 12.1. The number of aryl methyl sites for hydroxylation is 2. The lowest BCUT2D eigenvalue weighted by molar-refractivity contribution is 0.0532. The van der Waals surface area contributed by atoms with Crippen molar-refractivity contribution in [3.8, 4) is 34.1 Å². The van der Waals surface area contributed by atoms with Gasteiger partial charge in [-0.05, 0) is 84.3 Å². The van der Waals surface area contributed by atoms with E-state index >= 15 is 0 Å². The van der Waals surface area contributed by atoms with Gasteiger partial charge < -0.3 is 56.8 Å². The molecule has 0 aliphatic heterocycles. The standard InChI is InChI=1S/C49H66O12.C2H6.CH4/c1-37-7-9-45-46-10-8-38(2)28-48(46)49(47(45)27-37,35-39-29-41(58-23-19-54-15-11-50-3)33-42(30-39)59-24-20-55-16-12-51-4)36-40-31-43(60-25-21-56-17-13-52-5)34-44(32-40)61-26-22-57-18-14-53-6;1-2;/h7-10,27-34H,11-26,35-36H2,1-6H3;1-2H3;1H4. The zero-order valence-electron chi connectivity index (χ0n) is 39.1. The van der Waals surface area contributed by atoms with Gasteiger partial charge in [0.1, 0.15) is 49.4 Å². The highest BCUT2D eigenvalue weighted by Gasteiger charge is 2.44. The average molecular weight is 893 g/mol. The molecule has 64 heavy (non-hydrogen) atoms. The highest BCUT2D eigenvalue weighted by molar-refractivity contribution is 5.82. The summed E-state index contributed by atoms with van der Waals surface area (Å²) >= 11 is 0. The molecule has 12 nitrogen and oxygen atoms in total. The summed E-state index contributed by atoms with van der Waals surface area (Å²) in [5, 5.41) is 0. The Morgan fingerprint density at radius 1 is 0.359 bits per heavy atom. The number of fused-ring (bicyclic) bond motifs is 3. The largest absolute Gasteiger partial charge is 0.491 e. The van der Waals surface area contributed by atoms with Crippen LogP contribution in [0.3, 0.4) is 0 Å². The first-order valence-electron chi connectivity index (χ1n) is 22.2. The van der Waals surface area contributed by atoms with Crippen LogP contribution in [0.4, 0.5) is 0 Å². The van der Waals surface area contributed by atoms with Crippen LogP contribution < -0.4 is 18.9 Å². The van der Waals surface area contributed by atoms with E-state index in [2.05, 4.69) is 74.5 Å². The van der Waals surface area contributed by atoms with Gasteiger partial charge in [0.25, 0.3) is 0 Å². The van der Waals surface area contributed by atoms with E-state index < -0.39 is 5.41 Å². The summed E-state index contributed by atoms with van der Waals surface area (Å²) in [6.07, 6.45) is 1.31. The molecule has 0 bridgehead atoms. The molecule has 12 heteroatoms. The zero-order valence-corrected chi connectivity index (χ0v) is 39.1. The van der Waals surface area contributed by atoms with Gasteiger partial charge in [-0.15, -0.1) is 0 Å². The van der Waals surface area contributed by atoms with Gasteiger partial charge in [-0.2, -0.15) is 0 Å². The number of hydrogen-bond acceptors (Lipinski definition) is 12. The molecule has 0 radical (unpaired) electrons. The Morgan fingerprint density at radius 2 is 0.641 bits per heavy atom. The summed E-state index contributed by atoms with van der Waals surface area (Å²) in [7, 11) is 6.64. The Morgan fingerprint density at radius 3 is 0.922 bits per heavy atom. The molecule has 0 atom stereocenters. The molecule has 0 N–H and O–H groups in total. The highest BCUT2D eigenvalue weighted by atomic mass is 16.6. The van der Waals surface area contributed by atoms with Crippen molar-refractivity contribution in [3.63, 3.8) is 0 Å². The highest BCUT2D eigenvalue weighted by Crippen LogP contribution is 2.53. The first-order chi connectivity index (χ1) is 30.9. The van der Waals surface area contributed by atoms with Gasteiger partial charge in [0.15, 0.2) is 0 Å². The fourth-order valence-electron chi connectivity index (χ4n) is 7.51. The number of methoxy groups -OCH3 is 4. The van der Waals surface area contributed by atoms with Crippen molar-refractivity contribution in [2.45, 2.75) is 53.4 Å². The number of hydrogen-bond donors (Lipinski definition) is 0. The maximum absolute atomic E-state index is 6.33. The molecule has 4 aromatic rings. The molecule has 5 rings (SSSR count). The van der Waals surface area contributed by atoms with Crippen LogP contribution in [0.1, 0.15) is 54.7 Å². The Hall–Kier alpha value is -4.24. The molecule has 0 spiro atoms. The van der Waals surface area contributed by atoms with E-state index in [1.54, 1.807) is 28.4 Å². The topological polar surface area (TPSA) is 111 Å². The SMILES string of the molecule is C.CC.COCCOCCOc1cc(CC2(Cc3cc(OCCOCCOC)cc(OCCOCCOC)c3)c3cc(C)ccc3-c3ccc(C)cc32)cc(OCCOCCOC)c1. The molecular formula is C52H76O12. The van der Waals surface area contributed by atoms with Crippen molar-refractivity contribution >= 4 is 0 Å². The van der Waals surface area contributed by atoms with E-state index in [0.29, 0.717) is 142 Å². The minimum absolute atomic E-state index is 0. The maximum Gasteiger partial charge on any atom is 0.123 e. The van der Waals surface area contributed by atoms with Gasteiger partial charge in [-0.1, -0.05) is 68.8 Å². The van der Waals surface area contributed by atoms with Crippen LogP contribution in [0.25, 0.3) is 11.1 Å². The monoisotopic (exact) mass is 893 g/mol. The summed E-state index contributed by atoms with van der Waals surface area (Å²) in [6.45, 7) is 15.7. The van der Waals surface area contributed by atoms with Crippen LogP contribution in [0.5, 0.6) is 23.0 Å². The van der Waals surface area contributed by atoms with Crippen LogP contribution in [-0.4, -0.2) is 134 Å². The molecule has 0 amide bonds. The molecular weight excluding hydrogens is 817 g/mol. The average Bonchev–Trinajstić information content (AvgIpc) is 3.52. The summed E-state index contributed by atoms with van der Waals surface area (Å²) in [5.74, 6) is 2.82. The summed E-state index contributed by atoms with van der Waals surface area (Å²) < 4.78 is 68.7. The predicted octanol–water partition coefficient (Wildman–Crippen LogP) is 8.88. The molecule has 0 saturated carbocycles. The zero-order chi connectivity index (χ0) is 45.1. The molecule has 0 saturated heterocycles. The first kappa shape index (κ1) is 54.1. The van der Waals surface area contributed by atoms with Gasteiger partial charge in [-0.25, -0.2) is 0 Å². The van der Waals surface area contributed by atoms with Gasteiger partial charge >= 0.3 is 0 Å². The third-order valence-electron chi connectivity index (χ3n) is 10.3. The van der Waals surface area contributed by atoms with Crippen LogP contribution >= 0.6 is 0 Å². The molecule has 0 fully saturated rings. The smallest absolute Gasteiger partial charge is 0.123 e. The molecule has 0 aromatic heterocycles. The molecule has 0 unspecified atom stereocenters. The predicted molar refractivity (Wildman–Crippen MR) is 253 cm³/mol. The van der Waals surface area contributed by atoms with Crippen molar-refractivity contribution in [1.29, 1.82) is 0 Å². The minimum atomic E-state index is -0.493. The fraction of sp³-hybridized carbons (Fsp3) is 0.538. The Balaban J connectivity index is 0.00000358. The fourth-order valence-corrected chi connectivity index (χ4v) is 7.51. The lowest BCUT2D eigenvalue weighted by Gasteiger charge is -2.34. The van der Waals surface area contributed by atoms with E-state index in [0.717, 1.165) is 11.1 Å². The van der Waals surface area contributed by atoms with Crippen LogP contribution in [-0.2, 0) is 56.2 Å². The summed E-state index contributed by atoms with van der Waals surface area (Å²) in [5.41, 5.74) is 9.04. The lowest BCUT2D eigenvalue weighted by Crippen LogP contribution is -2.31. The van der Waals surface area contributed by atoms with Gasteiger partial charge in [-0.3, -0.25) is 0 Å². The van der Waals surface area contributed by atoms with Crippen LogP contribution in [0.15, 0.2) is 72.8 Å². The Labute approximate surface area is 383 Å². The lowest BCUT2D eigenvalue weighted by atomic mass is 9.69. The van der Waals surface area contributed by atoms with Crippen molar-refractivity contribution in [2.24, 2.45) is 0 Å². The van der Waals surface area contributed by atoms with Crippen molar-refractivity contribution in [1.82, 2.24) is 0 Å². The number of benzene rings is 4. The summed E-state index contributed by atoms with van der Waals surface area (Å²) in [6, 6.07) is 26.0. The van der Waals surface area contributed by atoms with Crippen LogP contribution in [0.2, 0.25) is 0 Å².